The van der Waals surface area contributed by atoms with E-state index in [-0.39, 0.29) is 29.2 Å². The molecule has 1 aromatic heterocycles. The molecule has 0 fully saturated rings. The summed E-state index contributed by atoms with van der Waals surface area (Å²) in [5.74, 6) is 0.740. The van der Waals surface area contributed by atoms with E-state index in [1.54, 1.807) is 38.1 Å². The van der Waals surface area contributed by atoms with Crippen LogP contribution in [0.4, 0.5) is 0 Å². The van der Waals surface area contributed by atoms with Gasteiger partial charge in [-0.15, -0.1) is 0 Å². The molecule has 10 heteroatoms. The van der Waals surface area contributed by atoms with Crippen LogP contribution in [0, 0.1) is 0 Å². The van der Waals surface area contributed by atoms with Gasteiger partial charge in [0, 0.05) is 6.92 Å². The van der Waals surface area contributed by atoms with Gasteiger partial charge < -0.3 is 18.9 Å². The highest BCUT2D eigenvalue weighted by Crippen LogP contribution is 2.36. The molecule has 0 aliphatic carbocycles. The topological polar surface area (TPSA) is 105 Å². The van der Waals surface area contributed by atoms with Crippen LogP contribution in [0.2, 0.25) is 0 Å². The minimum absolute atomic E-state index is 0.156. The molecular formula is C32H28N2O7S. The average Bonchev–Trinajstić information content (AvgIpc) is 3.27. The molecule has 42 heavy (non-hydrogen) atoms. The fraction of sp³-hybridized carbons (Fsp3) is 0.188. The summed E-state index contributed by atoms with van der Waals surface area (Å²) in [6.45, 7) is 4.87. The lowest BCUT2D eigenvalue weighted by Gasteiger charge is -2.25. The molecule has 0 amide bonds. The molecule has 1 aliphatic rings. The maximum atomic E-state index is 14.0. The Labute approximate surface area is 245 Å². The highest BCUT2D eigenvalue weighted by molar-refractivity contribution is 7.07. The number of aromatic nitrogens is 1. The zero-order chi connectivity index (χ0) is 29.8. The Morgan fingerprint density at radius 1 is 1.00 bits per heavy atom. The number of esters is 2. The molecule has 3 aromatic carbocycles. The number of allylic oxidation sites excluding steroid dienone is 1. The maximum absolute atomic E-state index is 14.0. The van der Waals surface area contributed by atoms with Gasteiger partial charge in [-0.1, -0.05) is 47.7 Å². The van der Waals surface area contributed by atoms with Gasteiger partial charge in [-0.05, 0) is 67.4 Å². The summed E-state index contributed by atoms with van der Waals surface area (Å²) in [5.41, 5.74) is 1.67. The van der Waals surface area contributed by atoms with Crippen molar-refractivity contribution in [3.8, 4) is 23.0 Å². The lowest BCUT2D eigenvalue weighted by atomic mass is 9.95. The van der Waals surface area contributed by atoms with Crippen LogP contribution >= 0.6 is 11.3 Å². The Kier molecular flexibility index (Phi) is 8.35. The van der Waals surface area contributed by atoms with Crippen LogP contribution in [-0.4, -0.2) is 30.2 Å². The molecule has 1 unspecified atom stereocenters. The number of rotatable bonds is 8. The quantitative estimate of drug-likeness (QED) is 0.221. The van der Waals surface area contributed by atoms with Gasteiger partial charge in [0.1, 0.15) is 11.5 Å². The van der Waals surface area contributed by atoms with Crippen LogP contribution in [-0.2, 0) is 14.3 Å². The van der Waals surface area contributed by atoms with Gasteiger partial charge in [0.25, 0.3) is 5.56 Å². The van der Waals surface area contributed by atoms with Crippen molar-refractivity contribution >= 4 is 29.4 Å². The van der Waals surface area contributed by atoms with E-state index in [2.05, 4.69) is 4.99 Å². The number of hydrogen-bond acceptors (Lipinski definition) is 9. The van der Waals surface area contributed by atoms with Crippen molar-refractivity contribution in [2.45, 2.75) is 26.8 Å². The van der Waals surface area contributed by atoms with Gasteiger partial charge in [-0.3, -0.25) is 14.2 Å². The summed E-state index contributed by atoms with van der Waals surface area (Å²) >= 11 is 1.22. The molecule has 9 nitrogen and oxygen atoms in total. The zero-order valence-electron chi connectivity index (χ0n) is 23.5. The smallest absolute Gasteiger partial charge is 0.338 e. The zero-order valence-corrected chi connectivity index (χ0v) is 24.3. The first-order chi connectivity index (χ1) is 20.3. The van der Waals surface area contributed by atoms with Crippen molar-refractivity contribution in [2.75, 3.05) is 13.7 Å². The molecular weight excluding hydrogens is 556 g/mol. The van der Waals surface area contributed by atoms with Gasteiger partial charge in [0.05, 0.1) is 35.6 Å². The molecule has 0 bridgehead atoms. The Morgan fingerprint density at radius 2 is 1.76 bits per heavy atom. The van der Waals surface area contributed by atoms with Crippen molar-refractivity contribution in [2.24, 2.45) is 4.99 Å². The van der Waals surface area contributed by atoms with E-state index < -0.39 is 18.0 Å². The van der Waals surface area contributed by atoms with Crippen LogP contribution in [0.15, 0.2) is 93.9 Å². The van der Waals surface area contributed by atoms with Crippen LogP contribution in [0.1, 0.15) is 37.9 Å². The second-order valence-electron chi connectivity index (χ2n) is 9.29. The fourth-order valence-electron chi connectivity index (χ4n) is 4.64. The molecule has 2 heterocycles. The monoisotopic (exact) mass is 584 g/mol. The molecule has 1 aliphatic heterocycles. The molecule has 0 spiro atoms. The summed E-state index contributed by atoms with van der Waals surface area (Å²) in [5, 5.41) is 0. The first-order valence-corrected chi connectivity index (χ1v) is 14.0. The number of fused-ring (bicyclic) bond motifs is 1. The number of ether oxygens (including phenoxy) is 4. The summed E-state index contributed by atoms with van der Waals surface area (Å²) < 4.78 is 24.0. The van der Waals surface area contributed by atoms with E-state index in [0.29, 0.717) is 32.1 Å². The van der Waals surface area contributed by atoms with Gasteiger partial charge >= 0.3 is 11.9 Å². The van der Waals surface area contributed by atoms with Crippen LogP contribution in [0.5, 0.6) is 23.0 Å². The molecule has 4 aromatic rings. The van der Waals surface area contributed by atoms with Crippen molar-refractivity contribution < 1.29 is 28.5 Å². The molecule has 0 N–H and O–H groups in total. The largest absolute Gasteiger partial charge is 0.493 e. The van der Waals surface area contributed by atoms with Crippen molar-refractivity contribution in [3.05, 3.63) is 115 Å². The number of hydrogen-bond donors (Lipinski definition) is 0. The third kappa shape index (κ3) is 5.89. The summed E-state index contributed by atoms with van der Waals surface area (Å²) in [6.07, 6.45) is 1.77. The minimum Gasteiger partial charge on any atom is -0.493 e. The van der Waals surface area contributed by atoms with Crippen molar-refractivity contribution in [1.29, 1.82) is 0 Å². The molecule has 1 atom stereocenters. The molecule has 5 rings (SSSR count). The number of carbonyl (C=O) groups excluding carboxylic acids is 2. The van der Waals surface area contributed by atoms with Crippen LogP contribution in [0.3, 0.4) is 0 Å². The second-order valence-corrected chi connectivity index (χ2v) is 10.3. The summed E-state index contributed by atoms with van der Waals surface area (Å²) in [7, 11) is 1.44. The number of thiazole rings is 1. The predicted molar refractivity (Wildman–Crippen MR) is 158 cm³/mol. The normalized spacial score (nSPS) is 14.6. The lowest BCUT2D eigenvalue weighted by molar-refractivity contribution is -0.139. The van der Waals surface area contributed by atoms with Gasteiger partial charge in [0.15, 0.2) is 16.3 Å². The average molecular weight is 585 g/mol. The third-order valence-corrected chi connectivity index (χ3v) is 7.39. The van der Waals surface area contributed by atoms with Gasteiger partial charge in [-0.2, -0.15) is 0 Å². The molecule has 0 radical (unpaired) electrons. The number of para-hydroxylation sites is 1. The van der Waals surface area contributed by atoms with Crippen molar-refractivity contribution in [1.82, 2.24) is 4.57 Å². The molecule has 0 saturated heterocycles. The standard InChI is InChI=1S/C32H28N2O7S/c1-5-39-31(37)28-19(2)33-32-34(29(28)22-14-15-25(40-20(3)35)26(18-22)38-4)30(36)27(42-32)17-21-10-9-13-24(16-21)41-23-11-7-6-8-12-23/h6-18,29H,5H2,1-4H3/b27-17-. The Hall–Kier alpha value is -4.96. The Bertz CT molecular complexity index is 1870. The highest BCUT2D eigenvalue weighted by atomic mass is 32.1. The summed E-state index contributed by atoms with van der Waals surface area (Å²) in [6, 6.07) is 20.9. The predicted octanol–water partition coefficient (Wildman–Crippen LogP) is 4.52. The van der Waals surface area contributed by atoms with E-state index in [1.807, 2.05) is 54.6 Å². The maximum Gasteiger partial charge on any atom is 0.338 e. The first-order valence-electron chi connectivity index (χ1n) is 13.2. The van der Waals surface area contributed by atoms with Gasteiger partial charge in [0.2, 0.25) is 0 Å². The Balaban J connectivity index is 1.63. The second kappa shape index (κ2) is 12.3. The lowest BCUT2D eigenvalue weighted by Crippen LogP contribution is -2.40. The summed E-state index contributed by atoms with van der Waals surface area (Å²) in [4.78, 5) is 43.8. The van der Waals surface area contributed by atoms with Crippen molar-refractivity contribution in [3.63, 3.8) is 0 Å². The van der Waals surface area contributed by atoms with E-state index in [4.69, 9.17) is 18.9 Å². The van der Waals surface area contributed by atoms with E-state index in [1.165, 1.54) is 29.9 Å². The number of benzene rings is 3. The first kappa shape index (κ1) is 28.6. The van der Waals surface area contributed by atoms with E-state index in [0.717, 1.165) is 5.56 Å². The van der Waals surface area contributed by atoms with Crippen LogP contribution < -0.4 is 29.1 Å². The minimum atomic E-state index is -0.851. The SMILES string of the molecule is CCOC(=O)C1=C(C)N=c2s/c(=C\c3cccc(Oc4ccccc4)c3)c(=O)n2C1c1ccc(OC(C)=O)c(OC)c1. The van der Waals surface area contributed by atoms with Gasteiger partial charge in [-0.25, -0.2) is 9.79 Å². The number of nitrogens with zero attached hydrogens (tertiary/aromatic N) is 2. The molecule has 214 valence electrons. The number of carbonyl (C=O) groups is 2. The third-order valence-electron chi connectivity index (χ3n) is 6.41. The highest BCUT2D eigenvalue weighted by Gasteiger charge is 2.34. The van der Waals surface area contributed by atoms with Crippen LogP contribution in [0.25, 0.3) is 6.08 Å². The fourth-order valence-corrected chi connectivity index (χ4v) is 5.69. The van der Waals surface area contributed by atoms with E-state index >= 15 is 0 Å². The molecule has 0 saturated carbocycles. The Morgan fingerprint density at radius 3 is 2.48 bits per heavy atom. The van der Waals surface area contributed by atoms with E-state index in [9.17, 15) is 14.4 Å². The number of methoxy groups -OCH3 is 1.